The van der Waals surface area contributed by atoms with Crippen molar-refractivity contribution in [2.24, 2.45) is 0 Å². The summed E-state index contributed by atoms with van der Waals surface area (Å²) >= 11 is 0. The number of anilines is 3. The van der Waals surface area contributed by atoms with Crippen LogP contribution in [0.25, 0.3) is 22.8 Å². The first kappa shape index (κ1) is 23.3. The second-order valence-electron chi connectivity index (χ2n) is 8.98. The molecule has 0 spiro atoms. The largest absolute Gasteiger partial charge is 0.311 e. The Kier molecular flexibility index (Phi) is 6.68. The fourth-order valence-electron chi connectivity index (χ4n) is 4.48. The van der Waals surface area contributed by atoms with Crippen LogP contribution in [0.2, 0.25) is 0 Å². The number of hydrogen-bond acceptors (Lipinski definition) is 4. The molecule has 0 N–H and O–H groups in total. The van der Waals surface area contributed by atoms with Gasteiger partial charge in [0.05, 0.1) is 0 Å². The molecule has 1 heterocycles. The summed E-state index contributed by atoms with van der Waals surface area (Å²) in [5.74, 6) is 2.12. The number of nitrogens with zero attached hydrogens (tertiary/aromatic N) is 4. The van der Waals surface area contributed by atoms with Gasteiger partial charge in [0.25, 0.3) is 0 Å². The average molecular weight is 491 g/mol. The standard InChI is InChI=1S/C34H26N4/c1-5-13-27(14-6-1)33-35-32(36-34(37-33)28-15-7-2-8-16-28)25-26-21-23-31(24-22-26)38(29-17-9-3-10-18-29)30-19-11-4-12-20-30/h1-24H,25H2. The van der Waals surface area contributed by atoms with E-state index in [1.54, 1.807) is 0 Å². The fourth-order valence-corrected chi connectivity index (χ4v) is 4.48. The summed E-state index contributed by atoms with van der Waals surface area (Å²) in [5, 5.41) is 0. The quantitative estimate of drug-likeness (QED) is 0.226. The lowest BCUT2D eigenvalue weighted by atomic mass is 10.1. The van der Waals surface area contributed by atoms with Gasteiger partial charge < -0.3 is 4.90 Å². The lowest BCUT2D eigenvalue weighted by molar-refractivity contribution is 0.932. The van der Waals surface area contributed by atoms with Crippen LogP contribution in [-0.4, -0.2) is 15.0 Å². The van der Waals surface area contributed by atoms with Gasteiger partial charge in [0, 0.05) is 34.6 Å². The van der Waals surface area contributed by atoms with Crippen LogP contribution < -0.4 is 4.90 Å². The van der Waals surface area contributed by atoms with E-state index in [-0.39, 0.29) is 0 Å². The summed E-state index contributed by atoms with van der Waals surface area (Å²) in [6.45, 7) is 0. The van der Waals surface area contributed by atoms with E-state index in [9.17, 15) is 0 Å². The van der Waals surface area contributed by atoms with E-state index in [0.717, 1.165) is 39.6 Å². The van der Waals surface area contributed by atoms with E-state index in [1.807, 2.05) is 72.8 Å². The summed E-state index contributed by atoms with van der Waals surface area (Å²) in [7, 11) is 0. The molecule has 6 aromatic rings. The van der Waals surface area contributed by atoms with Crippen molar-refractivity contribution in [2.75, 3.05) is 4.90 Å². The van der Waals surface area contributed by atoms with Gasteiger partial charge in [-0.05, 0) is 42.0 Å². The SMILES string of the molecule is c1ccc(-c2nc(Cc3ccc(N(c4ccccc4)c4ccccc4)cc3)nc(-c3ccccc3)n2)cc1. The zero-order valence-corrected chi connectivity index (χ0v) is 20.9. The molecule has 0 saturated carbocycles. The van der Waals surface area contributed by atoms with Crippen molar-refractivity contribution in [1.82, 2.24) is 15.0 Å². The summed E-state index contributed by atoms with van der Waals surface area (Å²) in [4.78, 5) is 16.7. The molecule has 0 bridgehead atoms. The summed E-state index contributed by atoms with van der Waals surface area (Å²) in [6, 6.07) is 49.6. The third kappa shape index (κ3) is 5.20. The van der Waals surface area contributed by atoms with Gasteiger partial charge >= 0.3 is 0 Å². The first-order valence-electron chi connectivity index (χ1n) is 12.7. The van der Waals surface area contributed by atoms with Crippen molar-refractivity contribution in [2.45, 2.75) is 6.42 Å². The van der Waals surface area contributed by atoms with Crippen LogP contribution >= 0.6 is 0 Å². The minimum Gasteiger partial charge on any atom is -0.311 e. The van der Waals surface area contributed by atoms with Gasteiger partial charge in [-0.2, -0.15) is 0 Å². The van der Waals surface area contributed by atoms with E-state index in [0.29, 0.717) is 18.1 Å². The molecule has 4 nitrogen and oxygen atoms in total. The second kappa shape index (κ2) is 10.9. The molecule has 0 fully saturated rings. The van der Waals surface area contributed by atoms with Gasteiger partial charge in [-0.15, -0.1) is 0 Å². The number of hydrogen-bond donors (Lipinski definition) is 0. The van der Waals surface area contributed by atoms with Gasteiger partial charge in [-0.1, -0.05) is 109 Å². The Morgan fingerprint density at radius 2 is 0.789 bits per heavy atom. The Labute approximate surface area is 223 Å². The third-order valence-electron chi connectivity index (χ3n) is 6.33. The second-order valence-corrected chi connectivity index (χ2v) is 8.98. The smallest absolute Gasteiger partial charge is 0.163 e. The maximum absolute atomic E-state index is 4.84. The molecule has 4 heteroatoms. The van der Waals surface area contributed by atoms with Crippen LogP contribution in [0.15, 0.2) is 146 Å². The molecule has 0 unspecified atom stereocenters. The van der Waals surface area contributed by atoms with Crippen LogP contribution in [0.3, 0.4) is 0 Å². The van der Waals surface area contributed by atoms with Gasteiger partial charge in [-0.3, -0.25) is 0 Å². The highest BCUT2D eigenvalue weighted by Crippen LogP contribution is 2.34. The van der Waals surface area contributed by atoms with Crippen molar-refractivity contribution in [3.63, 3.8) is 0 Å². The van der Waals surface area contributed by atoms with E-state index < -0.39 is 0 Å². The summed E-state index contributed by atoms with van der Waals surface area (Å²) in [6.07, 6.45) is 0.610. The first-order valence-corrected chi connectivity index (χ1v) is 12.7. The zero-order valence-electron chi connectivity index (χ0n) is 20.9. The van der Waals surface area contributed by atoms with Gasteiger partial charge in [0.15, 0.2) is 11.6 Å². The Morgan fingerprint density at radius 3 is 1.24 bits per heavy atom. The monoisotopic (exact) mass is 490 g/mol. The number of para-hydroxylation sites is 2. The van der Waals surface area contributed by atoms with E-state index in [1.165, 1.54) is 0 Å². The highest BCUT2D eigenvalue weighted by Gasteiger charge is 2.14. The highest BCUT2D eigenvalue weighted by molar-refractivity contribution is 5.76. The molecule has 0 aliphatic rings. The first-order chi connectivity index (χ1) is 18.8. The topological polar surface area (TPSA) is 41.9 Å². The van der Waals surface area contributed by atoms with Crippen molar-refractivity contribution < 1.29 is 0 Å². The zero-order chi connectivity index (χ0) is 25.6. The van der Waals surface area contributed by atoms with Crippen LogP contribution in [0.1, 0.15) is 11.4 Å². The van der Waals surface area contributed by atoms with E-state index >= 15 is 0 Å². The fraction of sp³-hybridized carbons (Fsp3) is 0.0294. The normalized spacial score (nSPS) is 10.7. The highest BCUT2D eigenvalue weighted by atomic mass is 15.1. The number of benzene rings is 5. The predicted octanol–water partition coefficient (Wildman–Crippen LogP) is 8.27. The minimum absolute atomic E-state index is 0.610. The molecule has 0 atom stereocenters. The Hall–Kier alpha value is -5.09. The molecule has 1 aromatic heterocycles. The molecule has 0 radical (unpaired) electrons. The van der Waals surface area contributed by atoms with Crippen molar-refractivity contribution in [1.29, 1.82) is 0 Å². The van der Waals surface area contributed by atoms with Crippen molar-refractivity contribution in [3.05, 3.63) is 157 Å². The molecule has 0 aliphatic carbocycles. The Balaban J connectivity index is 1.34. The van der Waals surface area contributed by atoms with Crippen LogP contribution in [0.4, 0.5) is 17.1 Å². The third-order valence-corrected chi connectivity index (χ3v) is 6.33. The molecule has 6 rings (SSSR count). The van der Waals surface area contributed by atoms with Gasteiger partial charge in [0.1, 0.15) is 5.82 Å². The molecular weight excluding hydrogens is 464 g/mol. The molecule has 5 aromatic carbocycles. The van der Waals surface area contributed by atoms with Crippen LogP contribution in [0.5, 0.6) is 0 Å². The van der Waals surface area contributed by atoms with Crippen molar-refractivity contribution in [3.8, 4) is 22.8 Å². The summed E-state index contributed by atoms with van der Waals surface area (Å²) < 4.78 is 0. The van der Waals surface area contributed by atoms with E-state index in [4.69, 9.17) is 15.0 Å². The van der Waals surface area contributed by atoms with Gasteiger partial charge in [0.2, 0.25) is 0 Å². The molecular formula is C34H26N4. The molecule has 0 aliphatic heterocycles. The minimum atomic E-state index is 0.610. The molecule has 182 valence electrons. The number of aromatic nitrogens is 3. The van der Waals surface area contributed by atoms with E-state index in [2.05, 4.69) is 77.7 Å². The maximum Gasteiger partial charge on any atom is 0.163 e. The summed E-state index contributed by atoms with van der Waals surface area (Å²) in [5.41, 5.74) is 6.42. The number of rotatable bonds is 7. The lowest BCUT2D eigenvalue weighted by Crippen LogP contribution is -2.09. The lowest BCUT2D eigenvalue weighted by Gasteiger charge is -2.25. The van der Waals surface area contributed by atoms with Crippen molar-refractivity contribution >= 4 is 17.1 Å². The molecule has 0 saturated heterocycles. The predicted molar refractivity (Wildman–Crippen MR) is 155 cm³/mol. The molecule has 38 heavy (non-hydrogen) atoms. The maximum atomic E-state index is 4.84. The van der Waals surface area contributed by atoms with Gasteiger partial charge in [-0.25, -0.2) is 15.0 Å². The molecule has 0 amide bonds. The Morgan fingerprint density at radius 1 is 0.395 bits per heavy atom. The van der Waals surface area contributed by atoms with Crippen LogP contribution in [-0.2, 0) is 6.42 Å². The average Bonchev–Trinajstić information content (AvgIpc) is 3.00. The van der Waals surface area contributed by atoms with Crippen LogP contribution in [0, 0.1) is 0 Å². The Bertz CT molecular complexity index is 1510.